The number of benzene rings is 1. The third-order valence-corrected chi connectivity index (χ3v) is 2.28. The number of oxime groups is 1. The monoisotopic (exact) mass is 213 g/mol. The lowest BCUT2D eigenvalue weighted by atomic mass is 10.2. The van der Waals surface area contributed by atoms with Crippen LogP contribution in [-0.2, 0) is 11.4 Å². The van der Waals surface area contributed by atoms with Crippen molar-refractivity contribution in [1.82, 2.24) is 0 Å². The molecule has 0 spiro atoms. The normalized spacial score (nSPS) is 12.6. The van der Waals surface area contributed by atoms with Crippen LogP contribution in [0.4, 0.5) is 0 Å². The third-order valence-electron chi connectivity index (χ3n) is 1.87. The van der Waals surface area contributed by atoms with Gasteiger partial charge in [-0.25, -0.2) is 0 Å². The maximum atomic E-state index is 6.04. The summed E-state index contributed by atoms with van der Waals surface area (Å²) in [5.74, 6) is 1.22. The largest absolute Gasteiger partial charge is 0.454 e. The maximum absolute atomic E-state index is 6.04. The van der Waals surface area contributed by atoms with Gasteiger partial charge in [-0.3, -0.25) is 0 Å². The fraction of sp³-hybridized carbons (Fsp3) is 0.222. The molecule has 0 saturated carbocycles. The first-order valence-corrected chi connectivity index (χ1v) is 4.35. The van der Waals surface area contributed by atoms with Gasteiger partial charge in [0.05, 0.1) is 5.02 Å². The van der Waals surface area contributed by atoms with Gasteiger partial charge in [0.15, 0.2) is 11.5 Å². The Hall–Kier alpha value is -1.42. The van der Waals surface area contributed by atoms with Gasteiger partial charge in [0, 0.05) is 12.3 Å². The quantitative estimate of drug-likeness (QED) is 0.571. The van der Waals surface area contributed by atoms with E-state index in [1.165, 1.54) is 0 Å². The van der Waals surface area contributed by atoms with Crippen LogP contribution in [0.2, 0.25) is 5.02 Å². The summed E-state index contributed by atoms with van der Waals surface area (Å²) in [5, 5.41) is 3.79. The van der Waals surface area contributed by atoms with E-state index in [1.54, 1.807) is 12.1 Å². The SMILES string of the molecule is C=NOCc1ccc2c(c1Cl)OCO2. The Labute approximate surface area is 86.0 Å². The molecule has 74 valence electrons. The fourth-order valence-electron chi connectivity index (χ4n) is 1.21. The van der Waals surface area contributed by atoms with Crippen molar-refractivity contribution in [2.45, 2.75) is 6.61 Å². The predicted molar refractivity (Wildman–Crippen MR) is 51.9 cm³/mol. The second kappa shape index (κ2) is 3.75. The van der Waals surface area contributed by atoms with Crippen molar-refractivity contribution in [3.05, 3.63) is 22.7 Å². The number of hydrogen-bond donors (Lipinski definition) is 0. The molecular weight excluding hydrogens is 206 g/mol. The van der Waals surface area contributed by atoms with Crippen molar-refractivity contribution in [3.63, 3.8) is 0 Å². The molecule has 0 atom stereocenters. The number of hydrogen-bond acceptors (Lipinski definition) is 4. The van der Waals surface area contributed by atoms with E-state index in [-0.39, 0.29) is 13.4 Å². The van der Waals surface area contributed by atoms with E-state index in [1.807, 2.05) is 0 Å². The smallest absolute Gasteiger partial charge is 0.231 e. The van der Waals surface area contributed by atoms with Gasteiger partial charge in [0.2, 0.25) is 6.79 Å². The van der Waals surface area contributed by atoms with Crippen LogP contribution >= 0.6 is 11.6 Å². The summed E-state index contributed by atoms with van der Waals surface area (Å²) in [5.41, 5.74) is 0.795. The second-order valence-corrected chi connectivity index (χ2v) is 3.05. The molecule has 0 saturated heterocycles. The molecule has 1 aliphatic heterocycles. The standard InChI is InChI=1S/C9H8ClNO3/c1-11-14-4-6-2-3-7-9(8(6)10)13-5-12-7/h2-3H,1,4-5H2. The van der Waals surface area contributed by atoms with Crippen molar-refractivity contribution in [2.75, 3.05) is 6.79 Å². The molecular formula is C9H8ClNO3. The minimum atomic E-state index is 0.207. The molecule has 14 heavy (non-hydrogen) atoms. The average molecular weight is 214 g/mol. The van der Waals surface area contributed by atoms with Crippen LogP contribution in [-0.4, -0.2) is 13.5 Å². The van der Waals surface area contributed by atoms with Crippen LogP contribution in [0.5, 0.6) is 11.5 Å². The third kappa shape index (κ3) is 1.48. The van der Waals surface area contributed by atoms with Crippen LogP contribution in [0.1, 0.15) is 5.56 Å². The molecule has 0 aromatic heterocycles. The zero-order chi connectivity index (χ0) is 9.97. The van der Waals surface area contributed by atoms with Crippen LogP contribution < -0.4 is 9.47 Å². The first kappa shape index (κ1) is 9.15. The Morgan fingerprint density at radius 1 is 1.50 bits per heavy atom. The lowest BCUT2D eigenvalue weighted by Gasteiger charge is -2.05. The van der Waals surface area contributed by atoms with E-state index < -0.39 is 0 Å². The molecule has 0 aliphatic carbocycles. The minimum Gasteiger partial charge on any atom is -0.454 e. The lowest BCUT2D eigenvalue weighted by molar-refractivity contribution is 0.133. The van der Waals surface area contributed by atoms with E-state index >= 15 is 0 Å². The first-order valence-electron chi connectivity index (χ1n) is 3.98. The molecule has 0 amide bonds. The van der Waals surface area contributed by atoms with E-state index in [4.69, 9.17) is 25.9 Å². The van der Waals surface area contributed by atoms with Crippen LogP contribution in [0.25, 0.3) is 0 Å². The van der Waals surface area contributed by atoms with Crippen LogP contribution in [0, 0.1) is 0 Å². The Balaban J connectivity index is 2.30. The molecule has 0 fully saturated rings. The Morgan fingerprint density at radius 3 is 3.14 bits per heavy atom. The van der Waals surface area contributed by atoms with Gasteiger partial charge in [-0.15, -0.1) is 5.16 Å². The molecule has 2 rings (SSSR count). The number of rotatable bonds is 3. The maximum Gasteiger partial charge on any atom is 0.231 e. The van der Waals surface area contributed by atoms with Gasteiger partial charge < -0.3 is 14.3 Å². The summed E-state index contributed by atoms with van der Waals surface area (Å²) >= 11 is 6.04. The number of nitrogens with zero attached hydrogens (tertiary/aromatic N) is 1. The summed E-state index contributed by atoms with van der Waals surface area (Å²) < 4.78 is 10.3. The first-order chi connectivity index (χ1) is 6.83. The zero-order valence-electron chi connectivity index (χ0n) is 7.33. The summed E-state index contributed by atoms with van der Waals surface area (Å²) in [6.07, 6.45) is 0. The molecule has 1 aliphatic rings. The molecule has 4 nitrogen and oxygen atoms in total. The highest BCUT2D eigenvalue weighted by Crippen LogP contribution is 2.40. The summed E-state index contributed by atoms with van der Waals surface area (Å²) in [4.78, 5) is 4.79. The fourth-order valence-corrected chi connectivity index (χ4v) is 1.47. The predicted octanol–water partition coefficient (Wildman–Crippen LogP) is 2.20. The second-order valence-electron chi connectivity index (χ2n) is 2.67. The highest BCUT2D eigenvalue weighted by molar-refractivity contribution is 6.33. The van der Waals surface area contributed by atoms with Crippen molar-refractivity contribution < 1.29 is 14.3 Å². The molecule has 0 radical (unpaired) electrons. The van der Waals surface area contributed by atoms with E-state index in [0.29, 0.717) is 16.5 Å². The van der Waals surface area contributed by atoms with E-state index in [9.17, 15) is 0 Å². The Kier molecular flexibility index (Phi) is 2.45. The molecule has 0 bridgehead atoms. The van der Waals surface area contributed by atoms with E-state index in [0.717, 1.165) is 5.56 Å². The van der Waals surface area contributed by atoms with Gasteiger partial charge in [0.25, 0.3) is 0 Å². The summed E-state index contributed by atoms with van der Waals surface area (Å²) in [7, 11) is 0. The van der Waals surface area contributed by atoms with Crippen LogP contribution in [0.3, 0.4) is 0 Å². The molecule has 5 heteroatoms. The topological polar surface area (TPSA) is 40.0 Å². The van der Waals surface area contributed by atoms with Gasteiger partial charge in [-0.2, -0.15) is 0 Å². The van der Waals surface area contributed by atoms with Gasteiger partial charge in [0.1, 0.15) is 6.61 Å². The summed E-state index contributed by atoms with van der Waals surface area (Å²) in [6, 6.07) is 3.59. The molecule has 0 N–H and O–H groups in total. The lowest BCUT2D eigenvalue weighted by Crippen LogP contribution is -1.93. The molecule has 1 aromatic carbocycles. The van der Waals surface area contributed by atoms with Crippen molar-refractivity contribution in [1.29, 1.82) is 0 Å². The Bertz CT molecular complexity index is 367. The summed E-state index contributed by atoms with van der Waals surface area (Å²) in [6.45, 7) is 3.69. The average Bonchev–Trinajstić information content (AvgIpc) is 2.66. The van der Waals surface area contributed by atoms with Gasteiger partial charge in [-0.1, -0.05) is 17.7 Å². The zero-order valence-corrected chi connectivity index (χ0v) is 8.08. The number of halogens is 1. The molecule has 1 heterocycles. The van der Waals surface area contributed by atoms with Crippen molar-refractivity contribution in [3.8, 4) is 11.5 Å². The highest BCUT2D eigenvalue weighted by Gasteiger charge is 2.19. The Morgan fingerprint density at radius 2 is 2.36 bits per heavy atom. The molecule has 0 unspecified atom stereocenters. The number of fused-ring (bicyclic) bond motifs is 1. The highest BCUT2D eigenvalue weighted by atomic mass is 35.5. The van der Waals surface area contributed by atoms with E-state index in [2.05, 4.69) is 11.9 Å². The molecule has 1 aromatic rings. The minimum absolute atomic E-state index is 0.207. The van der Waals surface area contributed by atoms with Gasteiger partial charge in [-0.05, 0) is 6.07 Å². The van der Waals surface area contributed by atoms with Crippen LogP contribution in [0.15, 0.2) is 17.3 Å². The van der Waals surface area contributed by atoms with Crippen molar-refractivity contribution >= 4 is 18.3 Å². The van der Waals surface area contributed by atoms with Gasteiger partial charge >= 0.3 is 0 Å². The number of ether oxygens (including phenoxy) is 2. The van der Waals surface area contributed by atoms with Crippen molar-refractivity contribution in [2.24, 2.45) is 5.16 Å².